The molecule has 0 saturated carbocycles. The molecule has 1 rings (SSSR count). The van der Waals surface area contributed by atoms with Crippen molar-refractivity contribution in [2.24, 2.45) is 0 Å². The number of nitrogens with zero attached hydrogens (tertiary/aromatic N) is 2. The molecule has 8 heteroatoms. The second-order valence-corrected chi connectivity index (χ2v) is 5.24. The molecule has 5 nitrogen and oxygen atoms in total. The zero-order valence-electron chi connectivity index (χ0n) is 11.9. The van der Waals surface area contributed by atoms with Crippen LogP contribution in [0.5, 0.6) is 5.88 Å². The van der Waals surface area contributed by atoms with E-state index in [2.05, 4.69) is 9.72 Å². The first kappa shape index (κ1) is 17.2. The Balaban J connectivity index is 2.77. The number of hydrogen-bond acceptors (Lipinski definition) is 4. The molecule has 0 aromatic carbocycles. The molecule has 1 aromatic rings. The second-order valence-electron chi connectivity index (χ2n) is 5.24. The Morgan fingerprint density at radius 2 is 2.00 bits per heavy atom. The summed E-state index contributed by atoms with van der Waals surface area (Å²) in [7, 11) is 1.46. The maximum atomic E-state index is 12.1. The Hall–Kier alpha value is -1.83. The average molecular weight is 306 g/mol. The lowest BCUT2D eigenvalue weighted by atomic mass is 10.1. The first-order valence-corrected chi connectivity index (χ1v) is 6.12. The van der Waals surface area contributed by atoms with Crippen LogP contribution in [0.25, 0.3) is 0 Å². The first-order valence-electron chi connectivity index (χ1n) is 6.12. The molecule has 0 aliphatic carbocycles. The second kappa shape index (κ2) is 6.30. The molecule has 0 radical (unpaired) electrons. The van der Waals surface area contributed by atoms with Gasteiger partial charge < -0.3 is 14.7 Å². The molecule has 1 aromatic heterocycles. The number of alkyl halides is 3. The Bertz CT molecular complexity index is 498. The van der Waals surface area contributed by atoms with Gasteiger partial charge in [0.25, 0.3) is 5.91 Å². The highest BCUT2D eigenvalue weighted by molar-refractivity contribution is 5.92. The molecule has 0 saturated heterocycles. The summed E-state index contributed by atoms with van der Waals surface area (Å²) in [5.41, 5.74) is -1.14. The summed E-state index contributed by atoms with van der Waals surface area (Å²) in [6, 6.07) is 3.98. The number of aliphatic hydroxyl groups is 1. The molecule has 0 atom stereocenters. The first-order chi connectivity index (χ1) is 9.48. The van der Waals surface area contributed by atoms with E-state index in [0.717, 1.165) is 0 Å². The summed E-state index contributed by atoms with van der Waals surface area (Å²) in [4.78, 5) is 17.0. The van der Waals surface area contributed by atoms with Crippen LogP contribution < -0.4 is 4.74 Å². The van der Waals surface area contributed by atoms with Crippen LogP contribution >= 0.6 is 0 Å². The number of rotatable bonds is 5. The predicted octanol–water partition coefficient (Wildman–Crippen LogP) is 1.87. The highest BCUT2D eigenvalue weighted by atomic mass is 19.4. The van der Waals surface area contributed by atoms with Crippen molar-refractivity contribution in [1.82, 2.24) is 9.88 Å². The normalized spacial score (nSPS) is 12.1. The number of carbonyl (C=O) groups excluding carboxylic acids is 1. The lowest BCUT2D eigenvalue weighted by Gasteiger charge is -2.25. The summed E-state index contributed by atoms with van der Waals surface area (Å²) in [5, 5.41) is 9.65. The monoisotopic (exact) mass is 306 g/mol. The molecule has 0 unspecified atom stereocenters. The van der Waals surface area contributed by atoms with Crippen LogP contribution in [-0.4, -0.2) is 52.9 Å². The van der Waals surface area contributed by atoms with Crippen molar-refractivity contribution in [2.45, 2.75) is 25.6 Å². The minimum absolute atomic E-state index is 0.0542. The molecule has 0 aliphatic rings. The molecule has 0 spiro atoms. The quantitative estimate of drug-likeness (QED) is 0.902. The van der Waals surface area contributed by atoms with Crippen molar-refractivity contribution in [3.8, 4) is 5.88 Å². The van der Waals surface area contributed by atoms with Gasteiger partial charge in [0.2, 0.25) is 5.88 Å². The SMILES string of the molecule is CN(CC(C)(C)O)C(=O)c1cccc(OCC(F)(F)F)n1. The maximum Gasteiger partial charge on any atom is 0.422 e. The van der Waals surface area contributed by atoms with Crippen molar-refractivity contribution >= 4 is 5.91 Å². The van der Waals surface area contributed by atoms with Gasteiger partial charge in [-0.3, -0.25) is 4.79 Å². The summed E-state index contributed by atoms with van der Waals surface area (Å²) in [6.07, 6.45) is -4.47. The summed E-state index contributed by atoms with van der Waals surface area (Å²) < 4.78 is 40.7. The number of carbonyl (C=O) groups is 1. The molecule has 0 aliphatic heterocycles. The van der Waals surface area contributed by atoms with E-state index in [0.29, 0.717) is 0 Å². The van der Waals surface area contributed by atoms with E-state index < -0.39 is 24.3 Å². The van der Waals surface area contributed by atoms with Crippen LogP contribution in [0.3, 0.4) is 0 Å². The van der Waals surface area contributed by atoms with Crippen LogP contribution in [-0.2, 0) is 0 Å². The van der Waals surface area contributed by atoms with Crippen LogP contribution in [0, 0.1) is 0 Å². The fraction of sp³-hybridized carbons (Fsp3) is 0.538. The third-order valence-electron chi connectivity index (χ3n) is 2.30. The smallest absolute Gasteiger partial charge is 0.422 e. The van der Waals surface area contributed by atoms with Gasteiger partial charge in [-0.1, -0.05) is 6.07 Å². The lowest BCUT2D eigenvalue weighted by Crippen LogP contribution is -2.40. The third kappa shape index (κ3) is 6.44. The number of likely N-dealkylation sites (N-methyl/N-ethyl adjacent to an activating group) is 1. The van der Waals surface area contributed by atoms with Crippen LogP contribution in [0.4, 0.5) is 13.2 Å². The topological polar surface area (TPSA) is 62.7 Å². The van der Waals surface area contributed by atoms with E-state index >= 15 is 0 Å². The maximum absolute atomic E-state index is 12.1. The van der Waals surface area contributed by atoms with Crippen molar-refractivity contribution < 1.29 is 27.8 Å². The molecule has 0 fully saturated rings. The fourth-order valence-electron chi connectivity index (χ4n) is 1.62. The average Bonchev–Trinajstić information content (AvgIpc) is 2.33. The summed E-state index contributed by atoms with van der Waals surface area (Å²) in [6.45, 7) is 1.65. The number of pyridine rings is 1. The Morgan fingerprint density at radius 3 is 2.52 bits per heavy atom. The number of ether oxygens (including phenoxy) is 1. The van der Waals surface area contributed by atoms with Gasteiger partial charge in [0.05, 0.1) is 5.60 Å². The minimum atomic E-state index is -4.47. The van der Waals surface area contributed by atoms with Crippen LogP contribution in [0.15, 0.2) is 18.2 Å². The van der Waals surface area contributed by atoms with Gasteiger partial charge >= 0.3 is 6.18 Å². The standard InChI is InChI=1S/C13H17F3N2O3/c1-12(2,20)7-18(3)11(19)9-5-4-6-10(17-9)21-8-13(14,15)16/h4-6,20H,7-8H2,1-3H3. The zero-order chi connectivity index (χ0) is 16.3. The van der Waals surface area contributed by atoms with Crippen molar-refractivity contribution in [3.05, 3.63) is 23.9 Å². The van der Waals surface area contributed by atoms with E-state index in [1.54, 1.807) is 0 Å². The van der Waals surface area contributed by atoms with Crippen LogP contribution in [0.2, 0.25) is 0 Å². The number of hydrogen-bond donors (Lipinski definition) is 1. The Labute approximate surface area is 120 Å². The van der Waals surface area contributed by atoms with Gasteiger partial charge in [0, 0.05) is 19.7 Å². The van der Waals surface area contributed by atoms with E-state index in [1.807, 2.05) is 0 Å². The molecule has 118 valence electrons. The van der Waals surface area contributed by atoms with E-state index in [4.69, 9.17) is 0 Å². The van der Waals surface area contributed by atoms with E-state index in [9.17, 15) is 23.1 Å². The van der Waals surface area contributed by atoms with Gasteiger partial charge in [-0.25, -0.2) is 4.98 Å². The Morgan fingerprint density at radius 1 is 1.38 bits per heavy atom. The van der Waals surface area contributed by atoms with E-state index in [1.165, 1.54) is 44.0 Å². The fourth-order valence-corrected chi connectivity index (χ4v) is 1.62. The summed E-state index contributed by atoms with van der Waals surface area (Å²) >= 11 is 0. The lowest BCUT2D eigenvalue weighted by molar-refractivity contribution is -0.154. The number of amides is 1. The van der Waals surface area contributed by atoms with Gasteiger partial charge in [-0.15, -0.1) is 0 Å². The molecule has 1 amide bonds. The minimum Gasteiger partial charge on any atom is -0.468 e. The highest BCUT2D eigenvalue weighted by Gasteiger charge is 2.29. The zero-order valence-corrected chi connectivity index (χ0v) is 11.9. The van der Waals surface area contributed by atoms with Crippen molar-refractivity contribution in [2.75, 3.05) is 20.2 Å². The van der Waals surface area contributed by atoms with Gasteiger partial charge in [-0.05, 0) is 19.9 Å². The molecule has 21 heavy (non-hydrogen) atoms. The van der Waals surface area contributed by atoms with Crippen molar-refractivity contribution in [1.29, 1.82) is 0 Å². The van der Waals surface area contributed by atoms with E-state index in [-0.39, 0.29) is 18.1 Å². The molecule has 1 heterocycles. The molecular weight excluding hydrogens is 289 g/mol. The van der Waals surface area contributed by atoms with Gasteiger partial charge in [0.15, 0.2) is 6.61 Å². The molecular formula is C13H17F3N2O3. The largest absolute Gasteiger partial charge is 0.468 e. The molecule has 0 bridgehead atoms. The number of aromatic nitrogens is 1. The summed E-state index contributed by atoms with van der Waals surface area (Å²) in [5.74, 6) is -0.801. The van der Waals surface area contributed by atoms with Crippen molar-refractivity contribution in [3.63, 3.8) is 0 Å². The highest BCUT2D eigenvalue weighted by Crippen LogP contribution is 2.17. The Kier molecular flexibility index (Phi) is 5.16. The third-order valence-corrected chi connectivity index (χ3v) is 2.30. The van der Waals surface area contributed by atoms with Gasteiger partial charge in [0.1, 0.15) is 5.69 Å². The molecule has 1 N–H and O–H groups in total. The predicted molar refractivity (Wildman–Crippen MR) is 69.0 cm³/mol. The number of halogens is 3. The van der Waals surface area contributed by atoms with Crippen LogP contribution in [0.1, 0.15) is 24.3 Å². The van der Waals surface area contributed by atoms with Gasteiger partial charge in [-0.2, -0.15) is 13.2 Å².